The number of nitrogens with zero attached hydrogens (tertiary/aromatic N) is 1. The van der Waals surface area contributed by atoms with Gasteiger partial charge in [-0.25, -0.2) is 4.98 Å². The van der Waals surface area contributed by atoms with Gasteiger partial charge in [-0.15, -0.1) is 11.3 Å². The Morgan fingerprint density at radius 3 is 2.20 bits per heavy atom. The Labute approximate surface area is 181 Å². The topological polar surface area (TPSA) is 40.6 Å². The van der Waals surface area contributed by atoms with Gasteiger partial charge in [0.15, 0.2) is 5.79 Å². The minimum Gasteiger partial charge on any atom is -0.497 e. The van der Waals surface area contributed by atoms with Gasteiger partial charge >= 0.3 is 0 Å². The van der Waals surface area contributed by atoms with Crippen LogP contribution in [0.25, 0.3) is 21.7 Å². The summed E-state index contributed by atoms with van der Waals surface area (Å²) in [5.41, 5.74) is 4.69. The third kappa shape index (κ3) is 3.78. The lowest BCUT2D eigenvalue weighted by molar-refractivity contribution is -0.178. The lowest BCUT2D eigenvalue weighted by atomic mass is 9.85. The van der Waals surface area contributed by atoms with Crippen molar-refractivity contribution in [2.45, 2.75) is 44.3 Å². The molecule has 156 valence electrons. The molecule has 4 nitrogen and oxygen atoms in total. The molecule has 2 heterocycles. The number of rotatable bonds is 4. The molecule has 3 aromatic rings. The van der Waals surface area contributed by atoms with Crippen molar-refractivity contribution < 1.29 is 14.2 Å². The largest absolute Gasteiger partial charge is 0.497 e. The first-order valence-corrected chi connectivity index (χ1v) is 11.5. The van der Waals surface area contributed by atoms with E-state index in [9.17, 15) is 0 Å². The molecule has 1 aliphatic carbocycles. The Balaban J connectivity index is 1.48. The molecule has 0 radical (unpaired) electrons. The van der Waals surface area contributed by atoms with Crippen LogP contribution < -0.4 is 4.74 Å². The van der Waals surface area contributed by atoms with Gasteiger partial charge in [0.1, 0.15) is 5.75 Å². The van der Waals surface area contributed by atoms with E-state index < -0.39 is 0 Å². The molecule has 2 fully saturated rings. The highest BCUT2D eigenvalue weighted by Crippen LogP contribution is 2.46. The van der Waals surface area contributed by atoms with Gasteiger partial charge in [-0.1, -0.05) is 29.8 Å². The number of ether oxygens (including phenoxy) is 3. The lowest BCUT2D eigenvalue weighted by Crippen LogP contribution is -2.34. The summed E-state index contributed by atoms with van der Waals surface area (Å²) in [4.78, 5) is 6.41. The molecule has 0 atom stereocenters. The molecule has 0 bridgehead atoms. The van der Waals surface area contributed by atoms with E-state index in [0.717, 1.165) is 55.9 Å². The molecule has 0 N–H and O–H groups in total. The fraction of sp³-hybridized carbons (Fsp3) is 0.400. The summed E-state index contributed by atoms with van der Waals surface area (Å²) in [6.45, 7) is 3.57. The molecule has 5 heteroatoms. The number of hydrogen-bond acceptors (Lipinski definition) is 5. The van der Waals surface area contributed by atoms with E-state index >= 15 is 0 Å². The first kappa shape index (κ1) is 19.7. The van der Waals surface area contributed by atoms with E-state index in [0.29, 0.717) is 5.92 Å². The first-order chi connectivity index (χ1) is 14.7. The van der Waals surface area contributed by atoms with E-state index in [4.69, 9.17) is 19.2 Å². The van der Waals surface area contributed by atoms with E-state index in [1.54, 1.807) is 7.11 Å². The second-order valence-electron chi connectivity index (χ2n) is 8.21. The summed E-state index contributed by atoms with van der Waals surface area (Å²) in [5, 5.41) is 1.23. The smallest absolute Gasteiger partial charge is 0.168 e. The molecule has 5 rings (SSSR count). The van der Waals surface area contributed by atoms with Crippen molar-refractivity contribution in [3.8, 4) is 27.4 Å². The SMILES string of the molecule is COc1ccc(-c2nc(C3CCC4(CC3)OCCO4)sc2-c2ccc(C)cc2)cc1. The summed E-state index contributed by atoms with van der Waals surface area (Å²) >= 11 is 1.84. The van der Waals surface area contributed by atoms with Gasteiger partial charge in [0.05, 0.1) is 35.9 Å². The zero-order valence-electron chi connectivity index (χ0n) is 17.5. The Morgan fingerprint density at radius 2 is 1.57 bits per heavy atom. The molecule has 1 spiro atoms. The molecule has 0 amide bonds. The molecule has 2 aromatic carbocycles. The fourth-order valence-electron chi connectivity index (χ4n) is 4.45. The Morgan fingerprint density at radius 1 is 0.933 bits per heavy atom. The van der Waals surface area contributed by atoms with Crippen molar-refractivity contribution in [2.75, 3.05) is 20.3 Å². The van der Waals surface area contributed by atoms with Crippen molar-refractivity contribution >= 4 is 11.3 Å². The molecule has 1 saturated heterocycles. The van der Waals surface area contributed by atoms with Crippen molar-refractivity contribution in [1.82, 2.24) is 4.98 Å². The number of aryl methyl sites for hydroxylation is 1. The molecule has 1 aliphatic heterocycles. The van der Waals surface area contributed by atoms with E-state index in [-0.39, 0.29) is 5.79 Å². The molecular weight excluding hydrogens is 394 g/mol. The predicted molar refractivity (Wildman–Crippen MR) is 120 cm³/mol. The highest BCUT2D eigenvalue weighted by atomic mass is 32.1. The van der Waals surface area contributed by atoms with Crippen molar-refractivity contribution in [1.29, 1.82) is 0 Å². The molecule has 2 aliphatic rings. The molecule has 1 saturated carbocycles. The summed E-state index contributed by atoms with van der Waals surface area (Å²) in [6, 6.07) is 17.0. The quantitative estimate of drug-likeness (QED) is 0.503. The summed E-state index contributed by atoms with van der Waals surface area (Å²) < 4.78 is 17.2. The van der Waals surface area contributed by atoms with Gasteiger partial charge in [0, 0.05) is 24.3 Å². The third-order valence-corrected chi connectivity index (χ3v) is 7.50. The monoisotopic (exact) mass is 421 g/mol. The normalized spacial score (nSPS) is 18.7. The van der Waals surface area contributed by atoms with Crippen LogP contribution in [0.5, 0.6) is 5.75 Å². The summed E-state index contributed by atoms with van der Waals surface area (Å²) in [7, 11) is 1.70. The lowest BCUT2D eigenvalue weighted by Gasteiger charge is -2.34. The van der Waals surface area contributed by atoms with Crippen LogP contribution in [0.3, 0.4) is 0 Å². The third-order valence-electron chi connectivity index (χ3n) is 6.23. The number of methoxy groups -OCH3 is 1. The van der Waals surface area contributed by atoms with Gasteiger partial charge in [0.2, 0.25) is 0 Å². The molecule has 0 unspecified atom stereocenters. The standard InChI is InChI=1S/C25H27NO3S/c1-17-3-5-19(6-4-17)23-22(18-7-9-21(27-2)10-8-18)26-24(30-23)20-11-13-25(14-12-20)28-15-16-29-25/h3-10,20H,11-16H2,1-2H3. The summed E-state index contributed by atoms with van der Waals surface area (Å²) in [6.07, 6.45) is 4.02. The van der Waals surface area contributed by atoms with Gasteiger partial charge in [-0.3, -0.25) is 0 Å². The van der Waals surface area contributed by atoms with Gasteiger partial charge in [-0.2, -0.15) is 0 Å². The second-order valence-corrected chi connectivity index (χ2v) is 9.24. The maximum Gasteiger partial charge on any atom is 0.168 e. The van der Waals surface area contributed by atoms with Crippen LogP contribution in [-0.4, -0.2) is 31.1 Å². The van der Waals surface area contributed by atoms with Crippen LogP contribution in [0.2, 0.25) is 0 Å². The molecular formula is C25H27NO3S. The van der Waals surface area contributed by atoms with Crippen molar-refractivity contribution in [3.05, 3.63) is 59.1 Å². The van der Waals surface area contributed by atoms with Crippen LogP contribution in [0.1, 0.15) is 42.2 Å². The van der Waals surface area contributed by atoms with Crippen molar-refractivity contribution in [2.24, 2.45) is 0 Å². The van der Waals surface area contributed by atoms with Crippen LogP contribution >= 0.6 is 11.3 Å². The Kier molecular flexibility index (Phi) is 5.35. The summed E-state index contributed by atoms with van der Waals surface area (Å²) in [5.74, 6) is 0.997. The predicted octanol–water partition coefficient (Wildman–Crippen LogP) is 6.19. The maximum atomic E-state index is 5.92. The van der Waals surface area contributed by atoms with Crippen LogP contribution in [0.4, 0.5) is 0 Å². The van der Waals surface area contributed by atoms with E-state index in [2.05, 4.69) is 43.3 Å². The number of thiazole rings is 1. The van der Waals surface area contributed by atoms with Gasteiger partial charge in [0.25, 0.3) is 0 Å². The van der Waals surface area contributed by atoms with Crippen LogP contribution in [-0.2, 0) is 9.47 Å². The van der Waals surface area contributed by atoms with Crippen LogP contribution in [0, 0.1) is 6.92 Å². The van der Waals surface area contributed by atoms with Crippen LogP contribution in [0.15, 0.2) is 48.5 Å². The minimum absolute atomic E-state index is 0.327. The van der Waals surface area contributed by atoms with Crippen molar-refractivity contribution in [3.63, 3.8) is 0 Å². The fourth-order valence-corrected chi connectivity index (χ4v) is 5.71. The molecule has 30 heavy (non-hydrogen) atoms. The average Bonchev–Trinajstić information content (AvgIpc) is 3.43. The van der Waals surface area contributed by atoms with Gasteiger partial charge in [-0.05, 0) is 49.6 Å². The first-order valence-electron chi connectivity index (χ1n) is 10.7. The Hall–Kier alpha value is -2.21. The number of hydrogen-bond donors (Lipinski definition) is 0. The second kappa shape index (κ2) is 8.14. The zero-order chi connectivity index (χ0) is 20.6. The minimum atomic E-state index is -0.327. The molecule has 1 aromatic heterocycles. The number of benzene rings is 2. The van der Waals surface area contributed by atoms with Gasteiger partial charge < -0.3 is 14.2 Å². The highest BCUT2D eigenvalue weighted by molar-refractivity contribution is 7.15. The average molecular weight is 422 g/mol. The van der Waals surface area contributed by atoms with E-state index in [1.165, 1.54) is 21.0 Å². The zero-order valence-corrected chi connectivity index (χ0v) is 18.3. The number of aromatic nitrogens is 1. The highest BCUT2D eigenvalue weighted by Gasteiger charge is 2.41. The Bertz CT molecular complexity index is 994. The van der Waals surface area contributed by atoms with E-state index in [1.807, 2.05) is 23.5 Å². The maximum absolute atomic E-state index is 5.92.